The molecule has 52 valence electrons. The van der Waals surface area contributed by atoms with Crippen molar-refractivity contribution < 1.29 is 5.11 Å². The molecule has 1 rings (SSSR count). The third kappa shape index (κ3) is 1.45. The van der Waals surface area contributed by atoms with Crippen LogP contribution in [0, 0.1) is 5.92 Å². The number of rotatable bonds is 2. The predicted molar refractivity (Wildman–Crippen MR) is 37.0 cm³/mol. The Bertz CT molecular complexity index is 103. The van der Waals surface area contributed by atoms with Crippen molar-refractivity contribution in [2.75, 3.05) is 19.7 Å². The molecule has 2 heteroatoms. The van der Waals surface area contributed by atoms with Crippen molar-refractivity contribution in [3.05, 3.63) is 12.8 Å². The summed E-state index contributed by atoms with van der Waals surface area (Å²) in [5, 5.41) is 8.72. The summed E-state index contributed by atoms with van der Waals surface area (Å²) in [6.07, 6.45) is 2.96. The standard InChI is InChI=1S/C7H13NO/c1-2-8-4-3-7(5-8)6-9/h2,7,9H,1,3-6H2. The maximum atomic E-state index is 8.72. The zero-order valence-corrected chi connectivity index (χ0v) is 5.58. The number of hydrogen-bond donors (Lipinski definition) is 1. The van der Waals surface area contributed by atoms with Crippen molar-refractivity contribution in [2.45, 2.75) is 6.42 Å². The highest BCUT2D eigenvalue weighted by atomic mass is 16.3. The molecule has 9 heavy (non-hydrogen) atoms. The van der Waals surface area contributed by atoms with Gasteiger partial charge in [0, 0.05) is 25.6 Å². The molecule has 1 atom stereocenters. The quantitative estimate of drug-likeness (QED) is 0.582. The second kappa shape index (κ2) is 2.87. The van der Waals surface area contributed by atoms with Crippen LogP contribution in [0.2, 0.25) is 0 Å². The Morgan fingerprint density at radius 1 is 1.78 bits per heavy atom. The first kappa shape index (κ1) is 6.62. The molecule has 1 unspecified atom stereocenters. The van der Waals surface area contributed by atoms with E-state index in [1.54, 1.807) is 0 Å². The Morgan fingerprint density at radius 3 is 2.89 bits per heavy atom. The molecule has 0 spiro atoms. The molecule has 0 aromatic rings. The van der Waals surface area contributed by atoms with Gasteiger partial charge in [-0.15, -0.1) is 0 Å². The number of aliphatic hydroxyl groups is 1. The molecule has 0 radical (unpaired) electrons. The van der Waals surface area contributed by atoms with Crippen LogP contribution in [0.3, 0.4) is 0 Å². The minimum atomic E-state index is 0.324. The second-order valence-electron chi connectivity index (χ2n) is 2.51. The van der Waals surface area contributed by atoms with Gasteiger partial charge in [0.05, 0.1) is 0 Å². The Balaban J connectivity index is 2.28. The van der Waals surface area contributed by atoms with Gasteiger partial charge < -0.3 is 10.0 Å². The minimum Gasteiger partial charge on any atom is -0.396 e. The number of hydrogen-bond acceptors (Lipinski definition) is 2. The fraction of sp³-hybridized carbons (Fsp3) is 0.714. The summed E-state index contributed by atoms with van der Waals surface area (Å²) in [6.45, 7) is 6.03. The van der Waals surface area contributed by atoms with Crippen molar-refractivity contribution in [2.24, 2.45) is 5.92 Å². The van der Waals surface area contributed by atoms with E-state index in [0.29, 0.717) is 12.5 Å². The fourth-order valence-electron chi connectivity index (χ4n) is 1.18. The summed E-state index contributed by atoms with van der Waals surface area (Å²) < 4.78 is 0. The van der Waals surface area contributed by atoms with Crippen molar-refractivity contribution in [1.29, 1.82) is 0 Å². The van der Waals surface area contributed by atoms with Crippen LogP contribution in [-0.2, 0) is 0 Å². The minimum absolute atomic E-state index is 0.324. The van der Waals surface area contributed by atoms with Crippen LogP contribution in [0.1, 0.15) is 6.42 Å². The Hall–Kier alpha value is -0.500. The lowest BCUT2D eigenvalue weighted by Gasteiger charge is -2.09. The lowest BCUT2D eigenvalue weighted by molar-refractivity contribution is 0.230. The molecule has 1 aliphatic rings. The smallest absolute Gasteiger partial charge is 0.0476 e. The summed E-state index contributed by atoms with van der Waals surface area (Å²) in [6, 6.07) is 0. The fourth-order valence-corrected chi connectivity index (χ4v) is 1.18. The third-order valence-electron chi connectivity index (χ3n) is 1.83. The van der Waals surface area contributed by atoms with Crippen LogP contribution in [-0.4, -0.2) is 29.7 Å². The zero-order chi connectivity index (χ0) is 6.69. The highest BCUT2D eigenvalue weighted by molar-refractivity contribution is 4.81. The summed E-state index contributed by atoms with van der Waals surface area (Å²) in [4.78, 5) is 2.14. The third-order valence-corrected chi connectivity index (χ3v) is 1.83. The van der Waals surface area contributed by atoms with E-state index < -0.39 is 0 Å². The predicted octanol–water partition coefficient (Wildman–Crippen LogP) is 0.444. The van der Waals surface area contributed by atoms with Crippen LogP contribution in [0.5, 0.6) is 0 Å². The normalized spacial score (nSPS) is 26.8. The number of aliphatic hydroxyl groups excluding tert-OH is 1. The maximum Gasteiger partial charge on any atom is 0.0476 e. The molecule has 1 fully saturated rings. The zero-order valence-electron chi connectivity index (χ0n) is 5.58. The number of nitrogens with zero attached hydrogens (tertiary/aromatic N) is 1. The molecule has 0 bridgehead atoms. The summed E-state index contributed by atoms with van der Waals surface area (Å²) in [5.74, 6) is 0.489. The van der Waals surface area contributed by atoms with Crippen molar-refractivity contribution in [1.82, 2.24) is 4.90 Å². The molecule has 1 aliphatic heterocycles. The van der Waals surface area contributed by atoms with Gasteiger partial charge in [0.1, 0.15) is 0 Å². The van der Waals surface area contributed by atoms with Crippen molar-refractivity contribution in [3.63, 3.8) is 0 Å². The van der Waals surface area contributed by atoms with Crippen molar-refractivity contribution >= 4 is 0 Å². The molecule has 2 nitrogen and oxygen atoms in total. The van der Waals surface area contributed by atoms with Gasteiger partial charge >= 0.3 is 0 Å². The highest BCUT2D eigenvalue weighted by Crippen LogP contribution is 2.14. The van der Waals surface area contributed by atoms with E-state index in [2.05, 4.69) is 11.5 Å². The van der Waals surface area contributed by atoms with Crippen LogP contribution < -0.4 is 0 Å². The molecular formula is C7H13NO. The largest absolute Gasteiger partial charge is 0.396 e. The molecule has 1 N–H and O–H groups in total. The first-order valence-electron chi connectivity index (χ1n) is 3.34. The highest BCUT2D eigenvalue weighted by Gasteiger charge is 2.17. The molecule has 0 amide bonds. The van der Waals surface area contributed by atoms with E-state index >= 15 is 0 Å². The average molecular weight is 127 g/mol. The molecule has 0 aromatic carbocycles. The van der Waals surface area contributed by atoms with Gasteiger partial charge in [-0.2, -0.15) is 0 Å². The van der Waals surface area contributed by atoms with Gasteiger partial charge in [-0.1, -0.05) is 6.58 Å². The summed E-state index contributed by atoms with van der Waals surface area (Å²) in [5.41, 5.74) is 0. The van der Waals surface area contributed by atoms with E-state index in [1.807, 2.05) is 6.20 Å². The SMILES string of the molecule is C=CN1CCC(CO)C1. The van der Waals surface area contributed by atoms with Gasteiger partial charge in [0.2, 0.25) is 0 Å². The van der Waals surface area contributed by atoms with Crippen LogP contribution in [0.4, 0.5) is 0 Å². The van der Waals surface area contributed by atoms with Crippen molar-refractivity contribution in [3.8, 4) is 0 Å². The molecule has 1 saturated heterocycles. The average Bonchev–Trinajstić information content (AvgIpc) is 2.34. The van der Waals surface area contributed by atoms with E-state index in [4.69, 9.17) is 5.11 Å². The van der Waals surface area contributed by atoms with E-state index in [1.165, 1.54) is 0 Å². The van der Waals surface area contributed by atoms with E-state index in [9.17, 15) is 0 Å². The Morgan fingerprint density at radius 2 is 2.56 bits per heavy atom. The monoisotopic (exact) mass is 127 g/mol. The molecule has 1 heterocycles. The Kier molecular flexibility index (Phi) is 2.11. The first-order chi connectivity index (χ1) is 4.36. The van der Waals surface area contributed by atoms with Gasteiger partial charge in [-0.25, -0.2) is 0 Å². The Labute approximate surface area is 55.8 Å². The van der Waals surface area contributed by atoms with Crippen LogP contribution in [0.25, 0.3) is 0 Å². The summed E-state index contributed by atoms with van der Waals surface area (Å²) in [7, 11) is 0. The lowest BCUT2D eigenvalue weighted by Crippen LogP contribution is -2.14. The second-order valence-corrected chi connectivity index (χ2v) is 2.51. The van der Waals surface area contributed by atoms with Gasteiger partial charge in [-0.05, 0) is 12.6 Å². The molecular weight excluding hydrogens is 114 g/mol. The maximum absolute atomic E-state index is 8.72. The number of likely N-dealkylation sites (tertiary alicyclic amines) is 1. The van der Waals surface area contributed by atoms with Crippen LogP contribution in [0.15, 0.2) is 12.8 Å². The van der Waals surface area contributed by atoms with Gasteiger partial charge in [0.15, 0.2) is 0 Å². The molecule has 0 aliphatic carbocycles. The molecule has 0 aromatic heterocycles. The van der Waals surface area contributed by atoms with E-state index in [0.717, 1.165) is 19.5 Å². The van der Waals surface area contributed by atoms with Gasteiger partial charge in [-0.3, -0.25) is 0 Å². The van der Waals surface area contributed by atoms with Crippen LogP contribution >= 0.6 is 0 Å². The summed E-state index contributed by atoms with van der Waals surface area (Å²) >= 11 is 0. The van der Waals surface area contributed by atoms with E-state index in [-0.39, 0.29) is 0 Å². The van der Waals surface area contributed by atoms with Gasteiger partial charge in [0.25, 0.3) is 0 Å². The molecule has 0 saturated carbocycles. The lowest BCUT2D eigenvalue weighted by atomic mass is 10.1. The topological polar surface area (TPSA) is 23.5 Å². The first-order valence-corrected chi connectivity index (χ1v) is 3.34.